The van der Waals surface area contributed by atoms with Gasteiger partial charge in [0.25, 0.3) is 5.91 Å². The van der Waals surface area contributed by atoms with E-state index >= 15 is 0 Å². The van der Waals surface area contributed by atoms with E-state index in [2.05, 4.69) is 0 Å². The lowest BCUT2D eigenvalue weighted by atomic mass is 10.1. The molecule has 0 aliphatic carbocycles. The molecule has 3 rings (SSSR count). The fraction of sp³-hybridized carbons (Fsp3) is 0.533. The fourth-order valence-corrected chi connectivity index (χ4v) is 6.49. The molecule has 0 N–H and O–H groups in total. The molecule has 24 heavy (non-hydrogen) atoms. The number of amides is 1. The number of carbonyl (C=O) groups is 1. The first-order chi connectivity index (χ1) is 11.2. The van der Waals surface area contributed by atoms with Crippen molar-refractivity contribution in [2.45, 2.75) is 18.9 Å². The van der Waals surface area contributed by atoms with Gasteiger partial charge in [-0.15, -0.1) is 0 Å². The molecule has 1 atom stereocenters. The standard InChI is InChI=1S/C15H20N2O5S2/c1-16(14-7-10-23(19,20)11-14)15(18)12-3-5-13(6-4-12)17-8-2-9-24(17,21)22/h3-6,14H,2,7-11H2,1H3/t14-/m0/s1. The van der Waals surface area contributed by atoms with E-state index in [1.807, 2.05) is 0 Å². The summed E-state index contributed by atoms with van der Waals surface area (Å²) >= 11 is 0. The van der Waals surface area contributed by atoms with Crippen LogP contribution in [0.4, 0.5) is 5.69 Å². The van der Waals surface area contributed by atoms with Crippen molar-refractivity contribution in [3.63, 3.8) is 0 Å². The number of benzene rings is 1. The van der Waals surface area contributed by atoms with Crippen LogP contribution in [-0.2, 0) is 19.9 Å². The van der Waals surface area contributed by atoms with Crippen molar-refractivity contribution in [1.29, 1.82) is 0 Å². The molecule has 2 aliphatic rings. The van der Waals surface area contributed by atoms with Crippen LogP contribution >= 0.6 is 0 Å². The smallest absolute Gasteiger partial charge is 0.253 e. The predicted molar refractivity (Wildman–Crippen MR) is 91.3 cm³/mol. The van der Waals surface area contributed by atoms with E-state index in [1.165, 1.54) is 9.21 Å². The number of anilines is 1. The third kappa shape index (κ3) is 3.27. The van der Waals surface area contributed by atoms with E-state index in [4.69, 9.17) is 0 Å². The highest BCUT2D eigenvalue weighted by Gasteiger charge is 2.33. The van der Waals surface area contributed by atoms with Gasteiger partial charge in [-0.05, 0) is 37.1 Å². The van der Waals surface area contributed by atoms with Crippen molar-refractivity contribution in [2.24, 2.45) is 0 Å². The number of hydrogen-bond donors (Lipinski definition) is 0. The van der Waals surface area contributed by atoms with Crippen molar-refractivity contribution in [3.8, 4) is 0 Å². The highest BCUT2D eigenvalue weighted by atomic mass is 32.2. The third-order valence-electron chi connectivity index (χ3n) is 4.58. The van der Waals surface area contributed by atoms with Crippen molar-refractivity contribution < 1.29 is 21.6 Å². The molecule has 9 heteroatoms. The monoisotopic (exact) mass is 372 g/mol. The van der Waals surface area contributed by atoms with Gasteiger partial charge in [-0.25, -0.2) is 16.8 Å². The lowest BCUT2D eigenvalue weighted by Gasteiger charge is -2.24. The van der Waals surface area contributed by atoms with E-state index in [9.17, 15) is 21.6 Å². The number of rotatable bonds is 3. The van der Waals surface area contributed by atoms with E-state index < -0.39 is 19.9 Å². The van der Waals surface area contributed by atoms with E-state index in [0.717, 1.165) is 0 Å². The molecule has 1 aromatic rings. The molecule has 1 aromatic carbocycles. The van der Waals surface area contributed by atoms with Crippen molar-refractivity contribution in [1.82, 2.24) is 4.90 Å². The molecule has 0 bridgehead atoms. The molecular formula is C15H20N2O5S2. The Hall–Kier alpha value is -1.61. The number of nitrogens with zero attached hydrogens (tertiary/aromatic N) is 2. The SMILES string of the molecule is CN(C(=O)c1ccc(N2CCCS2(=O)=O)cc1)[C@H]1CCS(=O)(=O)C1. The number of carbonyl (C=O) groups excluding carboxylic acids is 1. The van der Waals surface area contributed by atoms with Crippen LogP contribution in [-0.4, -0.2) is 64.5 Å². The molecule has 2 heterocycles. The molecule has 2 aliphatic heterocycles. The van der Waals surface area contributed by atoms with Gasteiger partial charge in [0, 0.05) is 25.2 Å². The Morgan fingerprint density at radius 3 is 2.29 bits per heavy atom. The maximum Gasteiger partial charge on any atom is 0.253 e. The second-order valence-electron chi connectivity index (χ2n) is 6.26. The number of hydrogen-bond acceptors (Lipinski definition) is 5. The summed E-state index contributed by atoms with van der Waals surface area (Å²) in [5, 5.41) is 0. The van der Waals surface area contributed by atoms with Crippen LogP contribution in [0.5, 0.6) is 0 Å². The average Bonchev–Trinajstić information content (AvgIpc) is 3.07. The van der Waals surface area contributed by atoms with Crippen molar-refractivity contribution in [2.75, 3.05) is 35.2 Å². The number of sulfone groups is 1. The molecular weight excluding hydrogens is 352 g/mol. The lowest BCUT2D eigenvalue weighted by Crippen LogP contribution is -2.37. The summed E-state index contributed by atoms with van der Waals surface area (Å²) in [6.07, 6.45) is 1.05. The normalized spacial score (nSPS) is 24.9. The molecule has 2 fully saturated rings. The quantitative estimate of drug-likeness (QED) is 0.770. The minimum Gasteiger partial charge on any atom is -0.338 e. The van der Waals surface area contributed by atoms with Gasteiger partial charge in [-0.3, -0.25) is 9.10 Å². The van der Waals surface area contributed by atoms with Gasteiger partial charge in [0.15, 0.2) is 9.84 Å². The molecule has 2 saturated heterocycles. The minimum absolute atomic E-state index is 0.000650. The highest BCUT2D eigenvalue weighted by molar-refractivity contribution is 7.93. The molecule has 0 spiro atoms. The largest absolute Gasteiger partial charge is 0.338 e. The van der Waals surface area contributed by atoms with Crippen LogP contribution in [0.1, 0.15) is 23.2 Å². The van der Waals surface area contributed by atoms with Crippen LogP contribution in [0.15, 0.2) is 24.3 Å². The summed E-state index contributed by atoms with van der Waals surface area (Å²) in [6, 6.07) is 6.11. The summed E-state index contributed by atoms with van der Waals surface area (Å²) in [5.41, 5.74) is 0.970. The Morgan fingerprint density at radius 2 is 1.79 bits per heavy atom. The van der Waals surface area contributed by atoms with Crippen LogP contribution < -0.4 is 4.31 Å². The summed E-state index contributed by atoms with van der Waals surface area (Å²) in [7, 11) is -4.69. The van der Waals surface area contributed by atoms with Gasteiger partial charge >= 0.3 is 0 Å². The topological polar surface area (TPSA) is 91.8 Å². The fourth-order valence-electron chi connectivity index (χ4n) is 3.15. The second-order valence-corrected chi connectivity index (χ2v) is 10.5. The Balaban J connectivity index is 1.75. The van der Waals surface area contributed by atoms with Crippen molar-refractivity contribution >= 4 is 31.5 Å². The maximum absolute atomic E-state index is 12.5. The molecule has 132 valence electrons. The zero-order valence-electron chi connectivity index (χ0n) is 13.4. The molecule has 7 nitrogen and oxygen atoms in total. The van der Waals surface area contributed by atoms with Gasteiger partial charge < -0.3 is 4.90 Å². The summed E-state index contributed by atoms with van der Waals surface area (Å²) in [6.45, 7) is 0.454. The minimum atomic E-state index is -3.24. The average molecular weight is 372 g/mol. The molecule has 0 radical (unpaired) electrons. The Labute approximate surface area is 142 Å². The van der Waals surface area contributed by atoms with Crippen molar-refractivity contribution in [3.05, 3.63) is 29.8 Å². The highest BCUT2D eigenvalue weighted by Crippen LogP contribution is 2.25. The first kappa shape index (κ1) is 17.2. The Bertz CT molecular complexity index is 846. The van der Waals surface area contributed by atoms with Crippen LogP contribution in [0.2, 0.25) is 0 Å². The van der Waals surface area contributed by atoms with Gasteiger partial charge in [-0.2, -0.15) is 0 Å². The maximum atomic E-state index is 12.5. The summed E-state index contributed by atoms with van der Waals surface area (Å²) in [5.74, 6) is 0.000360. The van der Waals surface area contributed by atoms with Crippen LogP contribution in [0.25, 0.3) is 0 Å². The lowest BCUT2D eigenvalue weighted by molar-refractivity contribution is 0.0747. The van der Waals surface area contributed by atoms with E-state index in [0.29, 0.717) is 30.6 Å². The first-order valence-electron chi connectivity index (χ1n) is 7.78. The van der Waals surface area contributed by atoms with Crippen LogP contribution in [0, 0.1) is 0 Å². The zero-order valence-corrected chi connectivity index (χ0v) is 15.0. The van der Waals surface area contributed by atoms with Crippen LogP contribution in [0.3, 0.4) is 0 Å². The molecule has 1 amide bonds. The Morgan fingerprint density at radius 1 is 1.12 bits per heavy atom. The van der Waals surface area contributed by atoms with Gasteiger partial charge in [-0.1, -0.05) is 0 Å². The number of sulfonamides is 1. The summed E-state index contributed by atoms with van der Waals surface area (Å²) in [4.78, 5) is 14.0. The van der Waals surface area contributed by atoms with E-state index in [1.54, 1.807) is 31.3 Å². The zero-order chi connectivity index (χ0) is 17.5. The third-order valence-corrected chi connectivity index (χ3v) is 8.20. The van der Waals surface area contributed by atoms with Gasteiger partial charge in [0.1, 0.15) is 0 Å². The van der Waals surface area contributed by atoms with Gasteiger partial charge in [0.2, 0.25) is 10.0 Å². The molecule has 0 unspecified atom stereocenters. The second kappa shape index (κ2) is 6.03. The molecule has 0 aromatic heterocycles. The summed E-state index contributed by atoms with van der Waals surface area (Å²) < 4.78 is 48.3. The Kier molecular flexibility index (Phi) is 4.33. The van der Waals surface area contributed by atoms with Gasteiger partial charge in [0.05, 0.1) is 22.9 Å². The first-order valence-corrected chi connectivity index (χ1v) is 11.2. The molecule has 0 saturated carbocycles. The predicted octanol–water partition coefficient (Wildman–Crippen LogP) is 0.486. The van der Waals surface area contributed by atoms with E-state index in [-0.39, 0.29) is 29.2 Å².